The standard InChI is InChI=1S/C11H8ClFN2S/c12-10-5-8(14)6-15-11(10)16-9-3-1-7(13)2-4-9/h1-6H,14H2. The van der Waals surface area contributed by atoms with Gasteiger partial charge in [-0.15, -0.1) is 0 Å². The lowest BCUT2D eigenvalue weighted by Gasteiger charge is -2.03. The molecule has 2 N–H and O–H groups in total. The summed E-state index contributed by atoms with van der Waals surface area (Å²) in [6.45, 7) is 0. The highest BCUT2D eigenvalue weighted by Gasteiger charge is 2.04. The molecule has 82 valence electrons. The number of halogens is 2. The van der Waals surface area contributed by atoms with Crippen LogP contribution in [0.2, 0.25) is 5.02 Å². The lowest BCUT2D eigenvalue weighted by Crippen LogP contribution is -1.88. The Balaban J connectivity index is 2.23. The average Bonchev–Trinajstić information content (AvgIpc) is 2.25. The van der Waals surface area contributed by atoms with Crippen LogP contribution in [-0.2, 0) is 0 Å². The van der Waals surface area contributed by atoms with Gasteiger partial charge in [0.15, 0.2) is 0 Å². The molecule has 0 radical (unpaired) electrons. The smallest absolute Gasteiger partial charge is 0.123 e. The fourth-order valence-corrected chi connectivity index (χ4v) is 2.18. The maximum absolute atomic E-state index is 12.7. The van der Waals surface area contributed by atoms with Gasteiger partial charge in [0.05, 0.1) is 16.9 Å². The number of nitrogens with two attached hydrogens (primary N) is 1. The first-order chi connectivity index (χ1) is 7.65. The molecular weight excluding hydrogens is 247 g/mol. The Morgan fingerprint density at radius 1 is 1.25 bits per heavy atom. The van der Waals surface area contributed by atoms with Crippen LogP contribution in [0.5, 0.6) is 0 Å². The minimum atomic E-state index is -0.263. The first-order valence-corrected chi connectivity index (χ1v) is 5.69. The number of pyridine rings is 1. The molecule has 0 saturated carbocycles. The zero-order chi connectivity index (χ0) is 11.5. The molecule has 0 saturated heterocycles. The van der Waals surface area contributed by atoms with Gasteiger partial charge in [-0.25, -0.2) is 9.37 Å². The van der Waals surface area contributed by atoms with Crippen molar-refractivity contribution in [3.63, 3.8) is 0 Å². The number of anilines is 1. The Kier molecular flexibility index (Phi) is 3.31. The number of hydrogen-bond acceptors (Lipinski definition) is 3. The molecule has 5 heteroatoms. The van der Waals surface area contributed by atoms with Gasteiger partial charge in [0, 0.05) is 4.90 Å². The van der Waals surface area contributed by atoms with Gasteiger partial charge >= 0.3 is 0 Å². The maximum atomic E-state index is 12.7. The second kappa shape index (κ2) is 4.72. The normalized spacial score (nSPS) is 10.4. The van der Waals surface area contributed by atoms with E-state index in [1.807, 2.05) is 0 Å². The Morgan fingerprint density at radius 2 is 1.94 bits per heavy atom. The van der Waals surface area contributed by atoms with E-state index in [2.05, 4.69) is 4.98 Å². The van der Waals surface area contributed by atoms with Gasteiger partial charge in [0.2, 0.25) is 0 Å². The van der Waals surface area contributed by atoms with Crippen molar-refractivity contribution in [3.05, 3.63) is 47.4 Å². The monoisotopic (exact) mass is 254 g/mol. The van der Waals surface area contributed by atoms with Crippen molar-refractivity contribution >= 4 is 29.1 Å². The molecule has 2 rings (SSSR count). The Labute approximate surface area is 102 Å². The van der Waals surface area contributed by atoms with Crippen molar-refractivity contribution in [1.82, 2.24) is 4.98 Å². The van der Waals surface area contributed by atoms with Crippen LogP contribution < -0.4 is 5.73 Å². The zero-order valence-electron chi connectivity index (χ0n) is 8.15. The first-order valence-electron chi connectivity index (χ1n) is 4.49. The highest BCUT2D eigenvalue weighted by Crippen LogP contribution is 2.32. The number of hydrogen-bond donors (Lipinski definition) is 1. The Morgan fingerprint density at radius 3 is 2.56 bits per heavy atom. The van der Waals surface area contributed by atoms with E-state index in [0.29, 0.717) is 15.7 Å². The van der Waals surface area contributed by atoms with E-state index >= 15 is 0 Å². The molecule has 0 aliphatic heterocycles. The van der Waals surface area contributed by atoms with Crippen molar-refractivity contribution in [2.45, 2.75) is 9.92 Å². The van der Waals surface area contributed by atoms with Gasteiger partial charge < -0.3 is 5.73 Å². The topological polar surface area (TPSA) is 38.9 Å². The molecule has 0 spiro atoms. The first kappa shape index (κ1) is 11.2. The summed E-state index contributed by atoms with van der Waals surface area (Å²) >= 11 is 7.34. The van der Waals surface area contributed by atoms with Gasteiger partial charge in [-0.3, -0.25) is 0 Å². The number of rotatable bonds is 2. The van der Waals surface area contributed by atoms with E-state index < -0.39 is 0 Å². The number of benzene rings is 1. The summed E-state index contributed by atoms with van der Waals surface area (Å²) in [5, 5.41) is 1.15. The third kappa shape index (κ3) is 2.65. The van der Waals surface area contributed by atoms with Crippen LogP contribution in [0.1, 0.15) is 0 Å². The van der Waals surface area contributed by atoms with Crippen molar-refractivity contribution in [2.75, 3.05) is 5.73 Å². The molecular formula is C11H8ClFN2S. The predicted molar refractivity (Wildman–Crippen MR) is 64.2 cm³/mol. The number of nitrogen functional groups attached to an aromatic ring is 1. The summed E-state index contributed by atoms with van der Waals surface area (Å²) < 4.78 is 12.7. The zero-order valence-corrected chi connectivity index (χ0v) is 9.73. The highest BCUT2D eigenvalue weighted by atomic mass is 35.5. The third-order valence-corrected chi connectivity index (χ3v) is 3.28. The summed E-state index contributed by atoms with van der Waals surface area (Å²) in [6.07, 6.45) is 1.54. The third-order valence-electron chi connectivity index (χ3n) is 1.86. The number of nitrogens with zero attached hydrogens (tertiary/aromatic N) is 1. The largest absolute Gasteiger partial charge is 0.397 e. The molecule has 1 aromatic heterocycles. The van der Waals surface area contributed by atoms with Crippen molar-refractivity contribution in [3.8, 4) is 0 Å². The van der Waals surface area contributed by atoms with E-state index in [1.165, 1.54) is 30.1 Å². The Hall–Kier alpha value is -1.26. The fourth-order valence-electron chi connectivity index (χ4n) is 1.13. The molecule has 0 atom stereocenters. The average molecular weight is 255 g/mol. The van der Waals surface area contributed by atoms with Crippen LogP contribution in [0.4, 0.5) is 10.1 Å². The quantitative estimate of drug-likeness (QED) is 0.890. The molecule has 0 amide bonds. The fraction of sp³-hybridized carbons (Fsp3) is 0. The molecule has 0 bridgehead atoms. The molecule has 2 aromatic rings. The summed E-state index contributed by atoms with van der Waals surface area (Å²) in [4.78, 5) is 4.98. The van der Waals surface area contributed by atoms with E-state index in [1.54, 1.807) is 18.2 Å². The van der Waals surface area contributed by atoms with Crippen LogP contribution in [0, 0.1) is 5.82 Å². The van der Waals surface area contributed by atoms with E-state index in [4.69, 9.17) is 17.3 Å². The molecule has 1 aromatic carbocycles. The maximum Gasteiger partial charge on any atom is 0.123 e. The van der Waals surface area contributed by atoms with Gasteiger partial charge in [-0.1, -0.05) is 23.4 Å². The van der Waals surface area contributed by atoms with Crippen LogP contribution in [0.15, 0.2) is 46.5 Å². The molecule has 16 heavy (non-hydrogen) atoms. The van der Waals surface area contributed by atoms with E-state index in [0.717, 1.165) is 4.90 Å². The SMILES string of the molecule is Nc1cnc(Sc2ccc(F)cc2)c(Cl)c1. The van der Waals surface area contributed by atoms with Crippen LogP contribution in [0.25, 0.3) is 0 Å². The number of aromatic nitrogens is 1. The van der Waals surface area contributed by atoms with Crippen LogP contribution >= 0.6 is 23.4 Å². The molecule has 2 nitrogen and oxygen atoms in total. The van der Waals surface area contributed by atoms with Gasteiger partial charge in [-0.2, -0.15) is 0 Å². The van der Waals surface area contributed by atoms with Gasteiger partial charge in [0.25, 0.3) is 0 Å². The lowest BCUT2D eigenvalue weighted by molar-refractivity contribution is 0.626. The summed E-state index contributed by atoms with van der Waals surface area (Å²) in [6, 6.07) is 7.78. The minimum Gasteiger partial charge on any atom is -0.397 e. The van der Waals surface area contributed by atoms with Crippen molar-refractivity contribution in [2.24, 2.45) is 0 Å². The van der Waals surface area contributed by atoms with Crippen molar-refractivity contribution < 1.29 is 4.39 Å². The second-order valence-corrected chi connectivity index (χ2v) is 4.58. The van der Waals surface area contributed by atoms with E-state index in [9.17, 15) is 4.39 Å². The summed E-state index contributed by atoms with van der Waals surface area (Å²) in [5.74, 6) is -0.263. The van der Waals surface area contributed by atoms with Crippen molar-refractivity contribution in [1.29, 1.82) is 0 Å². The van der Waals surface area contributed by atoms with Crippen LogP contribution in [0.3, 0.4) is 0 Å². The van der Waals surface area contributed by atoms with Crippen LogP contribution in [-0.4, -0.2) is 4.98 Å². The minimum absolute atomic E-state index is 0.263. The van der Waals surface area contributed by atoms with Gasteiger partial charge in [-0.05, 0) is 30.3 Å². The Bertz CT molecular complexity index is 502. The van der Waals surface area contributed by atoms with Gasteiger partial charge in [0.1, 0.15) is 10.8 Å². The molecule has 0 aliphatic rings. The molecule has 0 unspecified atom stereocenters. The summed E-state index contributed by atoms with van der Waals surface area (Å²) in [5.41, 5.74) is 6.06. The predicted octanol–water partition coefficient (Wildman–Crippen LogP) is 3.61. The van der Waals surface area contributed by atoms with E-state index in [-0.39, 0.29) is 5.82 Å². The molecule has 1 heterocycles. The lowest BCUT2D eigenvalue weighted by atomic mass is 10.4. The molecule has 0 fully saturated rings. The highest BCUT2D eigenvalue weighted by molar-refractivity contribution is 7.99. The molecule has 0 aliphatic carbocycles. The summed E-state index contributed by atoms with van der Waals surface area (Å²) in [7, 11) is 0. The second-order valence-electron chi connectivity index (χ2n) is 3.11.